The van der Waals surface area contributed by atoms with E-state index in [9.17, 15) is 54.9 Å². The van der Waals surface area contributed by atoms with Crippen LogP contribution in [0.2, 0.25) is 0 Å². The second-order valence-electron chi connectivity index (χ2n) is 12.1. The SMILES string of the molecule is CC(=O)[C@H]1CC(=CC[NH+]2c3cc(O[C@@H]4O[C@@H](COC(=O)C=Cc5ccc(O)cc5)[C@@H](O)[C@H](O)[C@H]4O)c(O)cc3C[C@H]2C(=O)[O-])C=C(C(=O)O)N1. The second-order valence-corrected chi connectivity index (χ2v) is 12.1. The molecule has 1 fully saturated rings. The number of nitrogens with one attached hydrogen (secondary N) is 2. The molecule has 3 heterocycles. The number of phenolic OH excluding ortho intramolecular Hbond substituents is 2. The minimum absolute atomic E-state index is 0.0152. The van der Waals surface area contributed by atoms with Crippen molar-refractivity contribution in [3.8, 4) is 17.2 Å². The number of esters is 1. The summed E-state index contributed by atoms with van der Waals surface area (Å²) < 4.78 is 16.5. The molecule has 2 aromatic rings. The van der Waals surface area contributed by atoms with Crippen molar-refractivity contribution in [3.63, 3.8) is 0 Å². The van der Waals surface area contributed by atoms with E-state index < -0.39 is 73.1 Å². The van der Waals surface area contributed by atoms with Crippen LogP contribution in [0, 0.1) is 0 Å². The van der Waals surface area contributed by atoms with Crippen molar-refractivity contribution in [2.75, 3.05) is 13.2 Å². The van der Waals surface area contributed by atoms with Crippen LogP contribution in [0.4, 0.5) is 5.69 Å². The molecule has 3 aliphatic rings. The summed E-state index contributed by atoms with van der Waals surface area (Å²) in [6.45, 7) is 0.779. The second kappa shape index (κ2) is 15.1. The Morgan fingerprint density at radius 1 is 1.04 bits per heavy atom. The van der Waals surface area contributed by atoms with Gasteiger partial charge in [-0.2, -0.15) is 0 Å². The van der Waals surface area contributed by atoms with Crippen LogP contribution in [0.15, 0.2) is 65.9 Å². The van der Waals surface area contributed by atoms with Crippen molar-refractivity contribution in [1.29, 1.82) is 0 Å². The van der Waals surface area contributed by atoms with Crippen LogP contribution in [0.1, 0.15) is 24.5 Å². The van der Waals surface area contributed by atoms with Crippen molar-refractivity contribution in [2.24, 2.45) is 0 Å². The molecule has 0 radical (unpaired) electrons. The molecule has 8 N–H and O–H groups in total. The van der Waals surface area contributed by atoms with Crippen molar-refractivity contribution >= 4 is 35.5 Å². The molecule has 0 amide bonds. The minimum atomic E-state index is -1.83. The fourth-order valence-corrected chi connectivity index (χ4v) is 5.93. The summed E-state index contributed by atoms with van der Waals surface area (Å²) in [4.78, 5) is 48.4. The predicted octanol–water partition coefficient (Wildman–Crippen LogP) is -2.42. The molecule has 5 rings (SSSR count). The van der Waals surface area contributed by atoms with E-state index in [-0.39, 0.29) is 42.4 Å². The molecule has 16 heteroatoms. The van der Waals surface area contributed by atoms with Gasteiger partial charge in [-0.1, -0.05) is 12.1 Å². The van der Waals surface area contributed by atoms with Crippen LogP contribution in [0.25, 0.3) is 6.08 Å². The normalized spacial score (nSPS) is 28.4. The molecule has 0 bridgehead atoms. The number of aliphatic hydroxyl groups is 3. The highest BCUT2D eigenvalue weighted by Crippen LogP contribution is 2.36. The lowest BCUT2D eigenvalue weighted by molar-refractivity contribution is -0.840. The maximum absolute atomic E-state index is 12.3. The average molecular weight is 697 g/mol. The van der Waals surface area contributed by atoms with Crippen LogP contribution < -0.4 is 20.1 Å². The lowest BCUT2D eigenvalue weighted by Gasteiger charge is -2.39. The van der Waals surface area contributed by atoms with Gasteiger partial charge in [-0.3, -0.25) is 9.69 Å². The van der Waals surface area contributed by atoms with Gasteiger partial charge in [-0.25, -0.2) is 9.59 Å². The van der Waals surface area contributed by atoms with Gasteiger partial charge in [0.05, 0.1) is 6.04 Å². The molecule has 0 aliphatic carbocycles. The first kappa shape index (κ1) is 36.0. The van der Waals surface area contributed by atoms with E-state index in [1.165, 1.54) is 43.3 Å². The number of ether oxygens (including phenoxy) is 3. The van der Waals surface area contributed by atoms with E-state index in [2.05, 4.69) is 5.32 Å². The standard InChI is InChI=1S/C34H36N2O14/c1-16(37)21-10-18(11-22(35-21)32(44)45)8-9-36-23-14-26(25(39)13-19(23)12-24(36)33(46)47)49-34-31(43)30(42)29(41)27(50-34)15-48-28(40)7-4-17-2-5-20(38)6-3-17/h2-8,11,13-14,21,24,27,29-31,34-35,38-39,41-43H,9-10,12,15H2,1H3,(H,44,45)(H,46,47)/t21-,24+,27+,29-,30+,31-,34-/m1/s1. The highest BCUT2D eigenvalue weighted by molar-refractivity contribution is 5.90. The molecule has 16 nitrogen and oxygen atoms in total. The summed E-state index contributed by atoms with van der Waals surface area (Å²) in [7, 11) is 0. The fraction of sp³-hybridized carbons (Fsp3) is 0.353. The summed E-state index contributed by atoms with van der Waals surface area (Å²) in [5, 5.41) is 76.1. The average Bonchev–Trinajstić information content (AvgIpc) is 3.43. The highest BCUT2D eigenvalue weighted by atomic mass is 16.7. The van der Waals surface area contributed by atoms with Crippen LogP contribution in [0.3, 0.4) is 0 Å². The first-order chi connectivity index (χ1) is 23.7. The number of ketones is 1. The quantitative estimate of drug-likeness (QED) is 0.0691. The van der Waals surface area contributed by atoms with Gasteiger partial charge in [-0.15, -0.1) is 0 Å². The number of phenols is 2. The zero-order valence-corrected chi connectivity index (χ0v) is 26.6. The largest absolute Gasteiger partial charge is 0.544 e. The number of aromatic hydroxyl groups is 2. The molecule has 3 aliphatic heterocycles. The Hall–Kier alpha value is -5.26. The van der Waals surface area contributed by atoms with E-state index in [0.29, 0.717) is 27.3 Å². The van der Waals surface area contributed by atoms with Crippen molar-refractivity contribution in [3.05, 3.63) is 77.0 Å². The van der Waals surface area contributed by atoms with Gasteiger partial charge in [0.15, 0.2) is 17.3 Å². The number of hydrogen-bond donors (Lipinski definition) is 8. The molecular weight excluding hydrogens is 660 g/mol. The number of carboxylic acid groups (broad SMARTS) is 2. The lowest BCUT2D eigenvalue weighted by atomic mass is 9.97. The molecule has 1 unspecified atom stereocenters. The fourth-order valence-electron chi connectivity index (χ4n) is 5.93. The maximum atomic E-state index is 12.3. The Bertz CT molecular complexity index is 1740. The van der Waals surface area contributed by atoms with Gasteiger partial charge in [-0.05, 0) is 60.9 Å². The van der Waals surface area contributed by atoms with Crippen LogP contribution >= 0.6 is 0 Å². The highest BCUT2D eigenvalue weighted by Gasteiger charge is 2.46. The van der Waals surface area contributed by atoms with Gasteiger partial charge in [0.25, 0.3) is 0 Å². The van der Waals surface area contributed by atoms with E-state index in [1.54, 1.807) is 18.2 Å². The number of fused-ring (bicyclic) bond motifs is 1. The lowest BCUT2D eigenvalue weighted by Crippen LogP contribution is -3.11. The smallest absolute Gasteiger partial charge is 0.351 e. The van der Waals surface area contributed by atoms with Crippen molar-refractivity contribution < 1.29 is 74.0 Å². The van der Waals surface area contributed by atoms with E-state index in [0.717, 1.165) is 6.08 Å². The Morgan fingerprint density at radius 2 is 1.76 bits per heavy atom. The number of allylic oxidation sites excluding steroid dienone is 1. The van der Waals surface area contributed by atoms with E-state index in [4.69, 9.17) is 14.2 Å². The molecule has 1 saturated heterocycles. The third kappa shape index (κ3) is 8.12. The maximum Gasteiger partial charge on any atom is 0.351 e. The number of aliphatic carboxylic acids is 2. The number of carbonyl (C=O) groups is 4. The van der Waals surface area contributed by atoms with E-state index in [1.807, 2.05) is 0 Å². The number of rotatable bonds is 11. The predicted molar refractivity (Wildman–Crippen MR) is 168 cm³/mol. The number of Topliss-reactive ketones (excluding diaryl/α,β-unsaturated/α-hetero) is 1. The third-order valence-corrected chi connectivity index (χ3v) is 8.67. The zero-order chi connectivity index (χ0) is 36.3. The summed E-state index contributed by atoms with van der Waals surface area (Å²) in [5.41, 5.74) is 1.71. The number of aliphatic hydroxyl groups excluding tert-OH is 3. The van der Waals surface area contributed by atoms with Gasteiger partial charge >= 0.3 is 11.9 Å². The van der Waals surface area contributed by atoms with Crippen molar-refractivity contribution in [1.82, 2.24) is 5.32 Å². The van der Waals surface area contributed by atoms with Gasteiger partial charge in [0, 0.05) is 24.1 Å². The van der Waals surface area contributed by atoms with Crippen LogP contribution in [-0.4, -0.2) is 110 Å². The van der Waals surface area contributed by atoms with E-state index >= 15 is 0 Å². The Labute approximate surface area is 284 Å². The summed E-state index contributed by atoms with van der Waals surface area (Å²) in [5.74, 6) is -4.42. The number of carboxylic acids is 2. The number of benzene rings is 2. The first-order valence-electron chi connectivity index (χ1n) is 15.6. The zero-order valence-electron chi connectivity index (χ0n) is 26.6. The van der Waals surface area contributed by atoms with Crippen molar-refractivity contribution in [2.45, 2.75) is 62.6 Å². The van der Waals surface area contributed by atoms with Gasteiger partial charge in [0.2, 0.25) is 6.29 Å². The molecule has 0 saturated carbocycles. The molecule has 8 atom stereocenters. The Balaban J connectivity index is 1.32. The summed E-state index contributed by atoms with van der Waals surface area (Å²) in [6, 6.07) is 6.70. The molecule has 50 heavy (non-hydrogen) atoms. The molecule has 2 aromatic carbocycles. The van der Waals surface area contributed by atoms with Gasteiger partial charge in [0.1, 0.15) is 66.7 Å². The Kier molecular flexibility index (Phi) is 10.9. The summed E-state index contributed by atoms with van der Waals surface area (Å²) in [6.07, 6.45) is -2.75. The van der Waals surface area contributed by atoms with Crippen LogP contribution in [-0.2, 0) is 35.1 Å². The first-order valence-corrected chi connectivity index (χ1v) is 15.6. The van der Waals surface area contributed by atoms with Gasteiger partial charge < -0.3 is 60.1 Å². The molecular formula is C34H36N2O14. The van der Waals surface area contributed by atoms with Crippen LogP contribution in [0.5, 0.6) is 17.2 Å². The number of quaternary nitrogens is 1. The molecule has 266 valence electrons. The monoisotopic (exact) mass is 696 g/mol. The molecule has 0 spiro atoms. The Morgan fingerprint density at radius 3 is 2.42 bits per heavy atom. The topological polar surface area (TPSA) is 257 Å². The number of carbonyl (C=O) groups excluding carboxylic acids is 3. The number of hydrogen-bond acceptors (Lipinski definition) is 14. The summed E-state index contributed by atoms with van der Waals surface area (Å²) >= 11 is 0. The molecule has 0 aromatic heterocycles. The minimum Gasteiger partial charge on any atom is -0.544 e. The third-order valence-electron chi connectivity index (χ3n) is 8.67.